The fraction of sp³-hybridized carbons (Fsp3) is 0.600. The SMILES string of the molecule is CC1(CN2CCNCC2)Cc2cc(Cl)c(Cl)cc2C1.Cl.Cl. The highest BCUT2D eigenvalue weighted by Crippen LogP contribution is 2.40. The fourth-order valence-electron chi connectivity index (χ4n) is 3.46. The largest absolute Gasteiger partial charge is 0.314 e. The Labute approximate surface area is 149 Å². The maximum absolute atomic E-state index is 6.13. The Hall–Kier alpha value is 0.300. The van der Waals surface area contributed by atoms with E-state index in [1.165, 1.54) is 17.7 Å². The molecule has 0 aromatic heterocycles. The van der Waals surface area contributed by atoms with Gasteiger partial charge in [-0.05, 0) is 41.5 Å². The summed E-state index contributed by atoms with van der Waals surface area (Å²) in [5.74, 6) is 0. The van der Waals surface area contributed by atoms with Crippen molar-refractivity contribution in [3.63, 3.8) is 0 Å². The molecule has 120 valence electrons. The molecule has 1 aliphatic heterocycles. The van der Waals surface area contributed by atoms with Crippen LogP contribution in [0.5, 0.6) is 0 Å². The average molecular weight is 372 g/mol. The zero-order chi connectivity index (χ0) is 13.5. The maximum Gasteiger partial charge on any atom is 0.0595 e. The van der Waals surface area contributed by atoms with Crippen molar-refractivity contribution in [3.8, 4) is 0 Å². The molecule has 1 aromatic rings. The maximum atomic E-state index is 6.13. The predicted molar refractivity (Wildman–Crippen MR) is 95.8 cm³/mol. The van der Waals surface area contributed by atoms with Crippen LogP contribution in [0.25, 0.3) is 0 Å². The van der Waals surface area contributed by atoms with Crippen LogP contribution in [0.4, 0.5) is 0 Å². The molecule has 0 amide bonds. The van der Waals surface area contributed by atoms with Gasteiger partial charge in [-0.3, -0.25) is 0 Å². The van der Waals surface area contributed by atoms with Crippen molar-refractivity contribution in [3.05, 3.63) is 33.3 Å². The van der Waals surface area contributed by atoms with Crippen LogP contribution in [0.3, 0.4) is 0 Å². The van der Waals surface area contributed by atoms with E-state index in [2.05, 4.69) is 29.3 Å². The van der Waals surface area contributed by atoms with Gasteiger partial charge in [0.1, 0.15) is 0 Å². The van der Waals surface area contributed by atoms with Crippen molar-refractivity contribution < 1.29 is 0 Å². The molecule has 3 rings (SSSR count). The molecule has 0 unspecified atom stereocenters. The van der Waals surface area contributed by atoms with Crippen molar-refractivity contribution in [1.29, 1.82) is 0 Å². The van der Waals surface area contributed by atoms with E-state index in [4.69, 9.17) is 23.2 Å². The summed E-state index contributed by atoms with van der Waals surface area (Å²) in [6.07, 6.45) is 2.23. The number of benzene rings is 1. The Morgan fingerprint density at radius 3 is 2.00 bits per heavy atom. The lowest BCUT2D eigenvalue weighted by Gasteiger charge is -2.35. The molecule has 0 spiro atoms. The van der Waals surface area contributed by atoms with Gasteiger partial charge in [0.05, 0.1) is 10.0 Å². The minimum atomic E-state index is 0. The minimum Gasteiger partial charge on any atom is -0.314 e. The van der Waals surface area contributed by atoms with E-state index in [0.717, 1.165) is 39.0 Å². The molecular formula is C15H22Cl4N2. The molecule has 1 heterocycles. The molecule has 0 saturated carbocycles. The topological polar surface area (TPSA) is 15.3 Å². The highest BCUT2D eigenvalue weighted by Gasteiger charge is 2.35. The number of nitrogens with one attached hydrogen (secondary N) is 1. The third-order valence-electron chi connectivity index (χ3n) is 4.29. The first-order valence-electron chi connectivity index (χ1n) is 6.96. The van der Waals surface area contributed by atoms with Crippen LogP contribution in [0.1, 0.15) is 18.1 Å². The molecule has 2 nitrogen and oxygen atoms in total. The molecule has 1 aliphatic carbocycles. The third kappa shape index (κ3) is 4.40. The van der Waals surface area contributed by atoms with E-state index in [0.29, 0.717) is 15.5 Å². The first kappa shape index (κ1) is 19.3. The molecule has 0 radical (unpaired) electrons. The van der Waals surface area contributed by atoms with Gasteiger partial charge >= 0.3 is 0 Å². The Morgan fingerprint density at radius 1 is 1.05 bits per heavy atom. The van der Waals surface area contributed by atoms with Gasteiger partial charge in [-0.25, -0.2) is 0 Å². The summed E-state index contributed by atoms with van der Waals surface area (Å²) >= 11 is 12.3. The number of rotatable bonds is 2. The van der Waals surface area contributed by atoms with Crippen LogP contribution < -0.4 is 5.32 Å². The summed E-state index contributed by atoms with van der Waals surface area (Å²) in [7, 11) is 0. The predicted octanol–water partition coefficient (Wildman–Crippen LogP) is 3.85. The molecular weight excluding hydrogens is 350 g/mol. The van der Waals surface area contributed by atoms with Crippen molar-refractivity contribution in [1.82, 2.24) is 10.2 Å². The van der Waals surface area contributed by atoms with E-state index in [1.54, 1.807) is 0 Å². The van der Waals surface area contributed by atoms with Crippen LogP contribution in [0.2, 0.25) is 10.0 Å². The monoisotopic (exact) mass is 370 g/mol. The summed E-state index contributed by atoms with van der Waals surface area (Å²) in [5, 5.41) is 4.78. The number of hydrogen-bond acceptors (Lipinski definition) is 2. The first-order valence-corrected chi connectivity index (χ1v) is 7.71. The van der Waals surface area contributed by atoms with Crippen LogP contribution >= 0.6 is 48.0 Å². The van der Waals surface area contributed by atoms with Gasteiger partial charge in [0.25, 0.3) is 0 Å². The summed E-state index contributed by atoms with van der Waals surface area (Å²) in [5.41, 5.74) is 3.09. The number of hydrogen-bond donors (Lipinski definition) is 1. The van der Waals surface area contributed by atoms with Gasteiger partial charge < -0.3 is 10.2 Å². The van der Waals surface area contributed by atoms with Crippen molar-refractivity contribution in [2.45, 2.75) is 19.8 Å². The van der Waals surface area contributed by atoms with E-state index in [-0.39, 0.29) is 24.8 Å². The Bertz CT molecular complexity index is 456. The minimum absolute atomic E-state index is 0. The van der Waals surface area contributed by atoms with E-state index in [9.17, 15) is 0 Å². The second-order valence-electron chi connectivity index (χ2n) is 6.23. The van der Waals surface area contributed by atoms with Crippen LogP contribution in [-0.4, -0.2) is 37.6 Å². The van der Waals surface area contributed by atoms with Gasteiger partial charge in [0, 0.05) is 32.7 Å². The fourth-order valence-corrected chi connectivity index (χ4v) is 3.83. The number of nitrogens with zero attached hydrogens (tertiary/aromatic N) is 1. The lowest BCUT2D eigenvalue weighted by molar-refractivity contribution is 0.154. The Balaban J connectivity index is 0.00000110. The van der Waals surface area contributed by atoms with Gasteiger partial charge in [-0.1, -0.05) is 30.1 Å². The summed E-state index contributed by atoms with van der Waals surface area (Å²) in [6, 6.07) is 4.12. The molecule has 6 heteroatoms. The highest BCUT2D eigenvalue weighted by molar-refractivity contribution is 6.42. The molecule has 1 aromatic carbocycles. The van der Waals surface area contributed by atoms with Crippen LogP contribution in [-0.2, 0) is 12.8 Å². The normalized spacial score (nSPS) is 20.3. The molecule has 1 fully saturated rings. The van der Waals surface area contributed by atoms with Gasteiger partial charge in [-0.2, -0.15) is 0 Å². The van der Waals surface area contributed by atoms with Crippen LogP contribution in [0, 0.1) is 5.41 Å². The van der Waals surface area contributed by atoms with Crippen LogP contribution in [0.15, 0.2) is 12.1 Å². The zero-order valence-corrected chi connectivity index (χ0v) is 15.3. The third-order valence-corrected chi connectivity index (χ3v) is 5.01. The standard InChI is InChI=1S/C15H20Cl2N2.2ClH/c1-15(10-19-4-2-18-3-5-19)8-11-6-13(16)14(17)7-12(11)9-15;;/h6-7,18H,2-5,8-10H2,1H3;2*1H. The molecule has 21 heavy (non-hydrogen) atoms. The number of halogens is 4. The first-order chi connectivity index (χ1) is 9.06. The number of fused-ring (bicyclic) bond motifs is 1. The lowest BCUT2D eigenvalue weighted by atomic mass is 9.86. The van der Waals surface area contributed by atoms with Crippen molar-refractivity contribution in [2.24, 2.45) is 5.41 Å². The highest BCUT2D eigenvalue weighted by atomic mass is 35.5. The Kier molecular flexibility index (Phi) is 7.11. The van der Waals surface area contributed by atoms with Gasteiger partial charge in [0.2, 0.25) is 0 Å². The quantitative estimate of drug-likeness (QED) is 0.849. The molecule has 0 bridgehead atoms. The van der Waals surface area contributed by atoms with Gasteiger partial charge in [0.15, 0.2) is 0 Å². The summed E-state index contributed by atoms with van der Waals surface area (Å²) in [6.45, 7) is 8.09. The molecule has 1 N–H and O–H groups in total. The average Bonchev–Trinajstić information content (AvgIpc) is 2.66. The molecule has 2 aliphatic rings. The van der Waals surface area contributed by atoms with Crippen molar-refractivity contribution >= 4 is 48.0 Å². The van der Waals surface area contributed by atoms with Gasteiger partial charge in [-0.15, -0.1) is 24.8 Å². The number of piperazine rings is 1. The summed E-state index contributed by atoms with van der Waals surface area (Å²) < 4.78 is 0. The second kappa shape index (κ2) is 7.72. The van der Waals surface area contributed by atoms with E-state index in [1.807, 2.05) is 0 Å². The Morgan fingerprint density at radius 2 is 1.52 bits per heavy atom. The lowest BCUT2D eigenvalue weighted by Crippen LogP contribution is -2.47. The molecule has 0 atom stereocenters. The van der Waals surface area contributed by atoms with Crippen molar-refractivity contribution in [2.75, 3.05) is 32.7 Å². The van der Waals surface area contributed by atoms with E-state index >= 15 is 0 Å². The smallest absolute Gasteiger partial charge is 0.0595 e. The second-order valence-corrected chi connectivity index (χ2v) is 7.04. The zero-order valence-electron chi connectivity index (χ0n) is 12.1. The van der Waals surface area contributed by atoms with E-state index < -0.39 is 0 Å². The summed E-state index contributed by atoms with van der Waals surface area (Å²) in [4.78, 5) is 2.57. The molecule has 1 saturated heterocycles.